The molecule has 0 unspecified atom stereocenters. The minimum absolute atomic E-state index is 0.0965. The Balaban J connectivity index is 2.35. The summed E-state index contributed by atoms with van der Waals surface area (Å²) in [6.07, 6.45) is 3.04. The number of rotatable bonds is 3. The van der Waals surface area contributed by atoms with Crippen LogP contribution in [0.5, 0.6) is 5.75 Å². The highest BCUT2D eigenvalue weighted by molar-refractivity contribution is 5.69. The minimum Gasteiger partial charge on any atom is -0.505 e. The molecule has 0 amide bonds. The topological polar surface area (TPSA) is 64.3 Å². The molecular weight excluding hydrogens is 196 g/mol. The Hall–Kier alpha value is -1.52. The molecule has 1 N–H and O–H groups in total. The van der Waals surface area contributed by atoms with Gasteiger partial charge < -0.3 is 9.84 Å². The number of carbonyl (C=O) groups is 1. The fraction of sp³-hybridized carbons (Fsp3) is 0.600. The Bertz CT molecular complexity index is 339. The molecule has 15 heavy (non-hydrogen) atoms. The summed E-state index contributed by atoms with van der Waals surface area (Å²) in [4.78, 5) is 11.3. The van der Waals surface area contributed by atoms with Crippen LogP contribution in [0.4, 0.5) is 0 Å². The molecule has 0 atom stereocenters. The van der Waals surface area contributed by atoms with Crippen LogP contribution in [-0.4, -0.2) is 26.5 Å². The molecule has 0 spiro atoms. The van der Waals surface area contributed by atoms with E-state index in [1.807, 2.05) is 20.8 Å². The average Bonchev–Trinajstić information content (AvgIpc) is 2.45. The zero-order chi connectivity index (χ0) is 11.5. The number of aryl methyl sites for hydroxylation is 1. The SMILES string of the molecule is CC(C)(C)OC(=O)CCn1cc(O)cn1. The molecule has 1 aromatic rings. The molecule has 84 valence electrons. The lowest BCUT2D eigenvalue weighted by atomic mass is 10.2. The van der Waals surface area contributed by atoms with Crippen LogP contribution in [0.1, 0.15) is 27.2 Å². The molecule has 0 aliphatic heterocycles. The third kappa shape index (κ3) is 4.49. The Morgan fingerprint density at radius 1 is 1.60 bits per heavy atom. The predicted molar refractivity (Wildman–Crippen MR) is 54.4 cm³/mol. The van der Waals surface area contributed by atoms with Crippen molar-refractivity contribution in [3.8, 4) is 5.75 Å². The van der Waals surface area contributed by atoms with Gasteiger partial charge in [0, 0.05) is 0 Å². The van der Waals surface area contributed by atoms with E-state index in [9.17, 15) is 4.79 Å². The number of esters is 1. The molecule has 1 rings (SSSR count). The molecule has 0 fully saturated rings. The van der Waals surface area contributed by atoms with Gasteiger partial charge in [-0.3, -0.25) is 9.48 Å². The second-order valence-corrected chi connectivity index (χ2v) is 4.30. The number of aromatic nitrogens is 2. The first-order chi connectivity index (χ1) is 6.87. The van der Waals surface area contributed by atoms with Crippen molar-refractivity contribution < 1.29 is 14.6 Å². The summed E-state index contributed by atoms with van der Waals surface area (Å²) in [6, 6.07) is 0. The Morgan fingerprint density at radius 2 is 2.27 bits per heavy atom. The van der Waals surface area contributed by atoms with Crippen molar-refractivity contribution in [3.05, 3.63) is 12.4 Å². The van der Waals surface area contributed by atoms with Gasteiger partial charge in [0.05, 0.1) is 25.4 Å². The van der Waals surface area contributed by atoms with Gasteiger partial charge in [-0.25, -0.2) is 0 Å². The molecule has 5 heteroatoms. The minimum atomic E-state index is -0.455. The van der Waals surface area contributed by atoms with Crippen molar-refractivity contribution in [2.24, 2.45) is 0 Å². The molecule has 1 aromatic heterocycles. The van der Waals surface area contributed by atoms with Crippen LogP contribution in [0, 0.1) is 0 Å². The van der Waals surface area contributed by atoms with E-state index in [0.29, 0.717) is 6.54 Å². The van der Waals surface area contributed by atoms with Gasteiger partial charge in [0.25, 0.3) is 0 Å². The number of ether oxygens (including phenoxy) is 1. The summed E-state index contributed by atoms with van der Waals surface area (Å²) >= 11 is 0. The lowest BCUT2D eigenvalue weighted by molar-refractivity contribution is -0.155. The van der Waals surface area contributed by atoms with Gasteiger partial charge in [-0.15, -0.1) is 0 Å². The standard InChI is InChI=1S/C10H16N2O3/c1-10(2,3)15-9(14)4-5-12-7-8(13)6-11-12/h6-7,13H,4-5H2,1-3H3. The lowest BCUT2D eigenvalue weighted by Crippen LogP contribution is -2.24. The molecule has 1 heterocycles. The van der Waals surface area contributed by atoms with E-state index in [0.717, 1.165) is 0 Å². The molecule has 5 nitrogen and oxygen atoms in total. The van der Waals surface area contributed by atoms with Crippen molar-refractivity contribution in [2.45, 2.75) is 39.3 Å². The van der Waals surface area contributed by atoms with Gasteiger partial charge >= 0.3 is 5.97 Å². The first-order valence-electron chi connectivity index (χ1n) is 4.80. The molecule has 0 saturated carbocycles. The average molecular weight is 212 g/mol. The van der Waals surface area contributed by atoms with Crippen molar-refractivity contribution >= 4 is 5.97 Å². The molecule has 0 aliphatic rings. The van der Waals surface area contributed by atoms with Crippen LogP contribution in [0.15, 0.2) is 12.4 Å². The maximum absolute atomic E-state index is 11.3. The lowest BCUT2D eigenvalue weighted by Gasteiger charge is -2.19. The van der Waals surface area contributed by atoms with Crippen molar-refractivity contribution in [2.75, 3.05) is 0 Å². The molecule has 0 saturated heterocycles. The van der Waals surface area contributed by atoms with Crippen LogP contribution in [0.2, 0.25) is 0 Å². The number of nitrogens with zero attached hydrogens (tertiary/aromatic N) is 2. The van der Waals surface area contributed by atoms with E-state index in [4.69, 9.17) is 9.84 Å². The maximum Gasteiger partial charge on any atom is 0.308 e. The van der Waals surface area contributed by atoms with E-state index in [2.05, 4.69) is 5.10 Å². The number of aromatic hydroxyl groups is 1. The smallest absolute Gasteiger partial charge is 0.308 e. The Labute approximate surface area is 88.7 Å². The van der Waals surface area contributed by atoms with Gasteiger partial charge in [-0.05, 0) is 20.8 Å². The first-order valence-corrected chi connectivity index (χ1v) is 4.80. The van der Waals surface area contributed by atoms with Gasteiger partial charge in [0.15, 0.2) is 5.75 Å². The molecular formula is C10H16N2O3. The van der Waals surface area contributed by atoms with E-state index in [1.165, 1.54) is 17.1 Å². The van der Waals surface area contributed by atoms with Crippen LogP contribution >= 0.6 is 0 Å². The Kier molecular flexibility index (Phi) is 3.34. The van der Waals surface area contributed by atoms with Crippen molar-refractivity contribution in [3.63, 3.8) is 0 Å². The zero-order valence-electron chi connectivity index (χ0n) is 9.23. The number of hydrogen-bond donors (Lipinski definition) is 1. The molecule has 0 radical (unpaired) electrons. The van der Waals surface area contributed by atoms with Crippen LogP contribution in [0.25, 0.3) is 0 Å². The third-order valence-electron chi connectivity index (χ3n) is 1.58. The second kappa shape index (κ2) is 4.33. The molecule has 0 aromatic carbocycles. The summed E-state index contributed by atoms with van der Waals surface area (Å²) in [6.45, 7) is 5.88. The fourth-order valence-corrected chi connectivity index (χ4v) is 1.07. The van der Waals surface area contributed by atoms with Gasteiger partial charge in [-0.2, -0.15) is 5.10 Å². The summed E-state index contributed by atoms with van der Waals surface area (Å²) in [5.74, 6) is -0.170. The van der Waals surface area contributed by atoms with Crippen molar-refractivity contribution in [1.82, 2.24) is 9.78 Å². The quantitative estimate of drug-likeness (QED) is 0.767. The maximum atomic E-state index is 11.3. The highest BCUT2D eigenvalue weighted by Gasteiger charge is 2.15. The fourth-order valence-electron chi connectivity index (χ4n) is 1.07. The van der Waals surface area contributed by atoms with Crippen LogP contribution in [0.3, 0.4) is 0 Å². The summed E-state index contributed by atoms with van der Waals surface area (Å²) in [5, 5.41) is 12.8. The number of hydrogen-bond acceptors (Lipinski definition) is 4. The molecule has 0 aliphatic carbocycles. The van der Waals surface area contributed by atoms with Crippen LogP contribution in [-0.2, 0) is 16.1 Å². The predicted octanol–water partition coefficient (Wildman–Crippen LogP) is 1.32. The summed E-state index contributed by atoms with van der Waals surface area (Å²) in [7, 11) is 0. The zero-order valence-corrected chi connectivity index (χ0v) is 9.23. The van der Waals surface area contributed by atoms with E-state index in [1.54, 1.807) is 0 Å². The summed E-state index contributed by atoms with van der Waals surface area (Å²) < 4.78 is 6.62. The Morgan fingerprint density at radius 3 is 2.73 bits per heavy atom. The highest BCUT2D eigenvalue weighted by atomic mass is 16.6. The van der Waals surface area contributed by atoms with Gasteiger partial charge in [0.2, 0.25) is 0 Å². The highest BCUT2D eigenvalue weighted by Crippen LogP contribution is 2.09. The van der Waals surface area contributed by atoms with Crippen molar-refractivity contribution in [1.29, 1.82) is 0 Å². The normalized spacial score (nSPS) is 11.4. The van der Waals surface area contributed by atoms with E-state index in [-0.39, 0.29) is 18.1 Å². The van der Waals surface area contributed by atoms with E-state index < -0.39 is 5.60 Å². The molecule has 0 bridgehead atoms. The van der Waals surface area contributed by atoms with Gasteiger partial charge in [0.1, 0.15) is 5.60 Å². The van der Waals surface area contributed by atoms with Crippen LogP contribution < -0.4 is 0 Å². The third-order valence-corrected chi connectivity index (χ3v) is 1.58. The first kappa shape index (κ1) is 11.6. The monoisotopic (exact) mass is 212 g/mol. The largest absolute Gasteiger partial charge is 0.505 e. The number of carbonyl (C=O) groups excluding carboxylic acids is 1. The summed E-state index contributed by atoms with van der Waals surface area (Å²) in [5.41, 5.74) is -0.455. The van der Waals surface area contributed by atoms with E-state index >= 15 is 0 Å². The second-order valence-electron chi connectivity index (χ2n) is 4.30. The van der Waals surface area contributed by atoms with Gasteiger partial charge in [-0.1, -0.05) is 0 Å².